The summed E-state index contributed by atoms with van der Waals surface area (Å²) in [6.45, 7) is 13.1. The van der Waals surface area contributed by atoms with Gasteiger partial charge in [-0.15, -0.1) is 0 Å². The molecule has 0 saturated heterocycles. The smallest absolute Gasteiger partial charge is 0.224 e. The first-order chi connectivity index (χ1) is 7.10. The van der Waals surface area contributed by atoms with Crippen LogP contribution in [0.15, 0.2) is 0 Å². The maximum Gasteiger partial charge on any atom is 0.224 e. The zero-order chi connectivity index (χ0) is 13.0. The third-order valence-corrected chi connectivity index (χ3v) is 7.96. The van der Waals surface area contributed by atoms with Crippen molar-refractivity contribution in [3.63, 3.8) is 0 Å². The minimum atomic E-state index is -1.78. The van der Waals surface area contributed by atoms with E-state index in [9.17, 15) is 4.79 Å². The minimum Gasteiger partial charge on any atom is -0.413 e. The molecule has 0 aliphatic heterocycles. The van der Waals surface area contributed by atoms with Crippen LogP contribution in [0.3, 0.4) is 0 Å². The van der Waals surface area contributed by atoms with E-state index in [1.54, 1.807) is 0 Å². The number of hydrogen-bond donors (Lipinski definition) is 0. The lowest BCUT2D eigenvalue weighted by atomic mass is 10.2. The molecule has 1 unspecified atom stereocenters. The maximum atomic E-state index is 11.0. The van der Waals surface area contributed by atoms with Crippen LogP contribution in [-0.4, -0.2) is 19.7 Å². The first kappa shape index (κ1) is 16.1. The zero-order valence-corrected chi connectivity index (χ0v) is 13.1. The Morgan fingerprint density at radius 2 is 1.88 bits per heavy atom. The van der Waals surface area contributed by atoms with Crippen molar-refractivity contribution in [2.24, 2.45) is 0 Å². The molecule has 0 aliphatic carbocycles. The van der Waals surface area contributed by atoms with Crippen LogP contribution in [0, 0.1) is 0 Å². The zero-order valence-electron chi connectivity index (χ0n) is 11.4. The maximum absolute atomic E-state index is 11.0. The van der Waals surface area contributed by atoms with E-state index in [-0.39, 0.29) is 16.4 Å². The van der Waals surface area contributed by atoms with E-state index in [1.165, 1.54) is 0 Å². The van der Waals surface area contributed by atoms with E-state index >= 15 is 0 Å². The fraction of sp³-hybridized carbons (Fsp3) is 0.917. The van der Waals surface area contributed by atoms with Gasteiger partial charge in [-0.05, 0) is 36.2 Å². The third-order valence-electron chi connectivity index (χ3n) is 3.27. The summed E-state index contributed by atoms with van der Waals surface area (Å²) in [5.41, 5.74) is 0. The normalized spacial score (nSPS) is 14.9. The van der Waals surface area contributed by atoms with Gasteiger partial charge in [0.05, 0.1) is 6.10 Å². The predicted molar refractivity (Wildman–Crippen MR) is 72.5 cm³/mol. The Bertz CT molecular complexity index is 234. The minimum absolute atomic E-state index is 0.00380. The van der Waals surface area contributed by atoms with Crippen LogP contribution < -0.4 is 0 Å². The number of rotatable bonds is 6. The van der Waals surface area contributed by atoms with Crippen molar-refractivity contribution in [3.05, 3.63) is 0 Å². The van der Waals surface area contributed by atoms with Crippen LogP contribution in [0.2, 0.25) is 18.1 Å². The fourth-order valence-corrected chi connectivity index (χ4v) is 2.86. The lowest BCUT2D eigenvalue weighted by molar-refractivity contribution is -0.113. The third kappa shape index (κ3) is 5.46. The molecule has 4 heteroatoms. The molecule has 0 amide bonds. The standard InChI is InChI=1S/C12H25ClO2Si/c1-7-8-10(9-11(13)14)15-16(5,6)12(2,3)4/h10H,7-9H2,1-6H3. The van der Waals surface area contributed by atoms with Crippen molar-refractivity contribution in [1.82, 2.24) is 0 Å². The molecule has 1 atom stereocenters. The first-order valence-electron chi connectivity index (χ1n) is 5.96. The second-order valence-electron chi connectivity index (χ2n) is 5.85. The Morgan fingerprint density at radius 1 is 1.38 bits per heavy atom. The summed E-state index contributed by atoms with van der Waals surface area (Å²) in [4.78, 5) is 11.0. The largest absolute Gasteiger partial charge is 0.413 e. The highest BCUT2D eigenvalue weighted by atomic mass is 35.5. The van der Waals surface area contributed by atoms with Gasteiger partial charge in [-0.2, -0.15) is 0 Å². The van der Waals surface area contributed by atoms with Crippen LogP contribution >= 0.6 is 11.6 Å². The lowest BCUT2D eigenvalue weighted by Gasteiger charge is -2.39. The van der Waals surface area contributed by atoms with Gasteiger partial charge in [0.25, 0.3) is 0 Å². The Morgan fingerprint density at radius 3 is 2.19 bits per heavy atom. The van der Waals surface area contributed by atoms with Gasteiger partial charge in [-0.3, -0.25) is 4.79 Å². The molecular weight excluding hydrogens is 240 g/mol. The number of halogens is 1. The Hall–Kier alpha value is 0.137. The SMILES string of the molecule is CCCC(CC(=O)Cl)O[Si](C)(C)C(C)(C)C. The molecule has 0 N–H and O–H groups in total. The van der Waals surface area contributed by atoms with Crippen LogP contribution in [0.25, 0.3) is 0 Å². The summed E-state index contributed by atoms with van der Waals surface area (Å²) >= 11 is 5.45. The Kier molecular flexibility index (Phi) is 6.23. The summed E-state index contributed by atoms with van der Waals surface area (Å²) in [5.74, 6) is 0. The fourth-order valence-electron chi connectivity index (χ4n) is 1.30. The van der Waals surface area contributed by atoms with Crippen molar-refractivity contribution >= 4 is 25.2 Å². The highest BCUT2D eigenvalue weighted by Gasteiger charge is 2.39. The van der Waals surface area contributed by atoms with E-state index in [1.807, 2.05) is 0 Å². The molecule has 0 fully saturated rings. The van der Waals surface area contributed by atoms with Crippen molar-refractivity contribution < 1.29 is 9.22 Å². The summed E-state index contributed by atoms with van der Waals surface area (Å²) in [6, 6.07) is 0. The highest BCUT2D eigenvalue weighted by Crippen LogP contribution is 2.38. The predicted octanol–water partition coefficient (Wildman–Crippen LogP) is 4.33. The van der Waals surface area contributed by atoms with E-state index in [4.69, 9.17) is 16.0 Å². The molecule has 0 saturated carbocycles. The second-order valence-corrected chi connectivity index (χ2v) is 11.0. The molecule has 0 aliphatic rings. The van der Waals surface area contributed by atoms with Gasteiger partial charge < -0.3 is 4.43 Å². The molecule has 0 aromatic carbocycles. The van der Waals surface area contributed by atoms with Gasteiger partial charge in [0, 0.05) is 6.42 Å². The van der Waals surface area contributed by atoms with Gasteiger partial charge in [0.15, 0.2) is 8.32 Å². The molecule has 2 nitrogen and oxygen atoms in total. The molecule has 0 radical (unpaired) electrons. The van der Waals surface area contributed by atoms with Gasteiger partial charge in [-0.25, -0.2) is 0 Å². The van der Waals surface area contributed by atoms with Gasteiger partial charge in [0.1, 0.15) is 0 Å². The summed E-state index contributed by atoms with van der Waals surface area (Å²) < 4.78 is 6.19. The lowest BCUT2D eigenvalue weighted by Crippen LogP contribution is -2.44. The number of carbonyl (C=O) groups excluding carboxylic acids is 1. The van der Waals surface area contributed by atoms with E-state index < -0.39 is 8.32 Å². The first-order valence-corrected chi connectivity index (χ1v) is 9.25. The van der Waals surface area contributed by atoms with Gasteiger partial charge in [-0.1, -0.05) is 34.1 Å². The van der Waals surface area contributed by atoms with E-state index in [0.29, 0.717) is 6.42 Å². The average molecular weight is 265 g/mol. The Balaban J connectivity index is 4.55. The van der Waals surface area contributed by atoms with E-state index in [0.717, 1.165) is 12.8 Å². The summed E-state index contributed by atoms with van der Waals surface area (Å²) in [5, 5.41) is -0.119. The highest BCUT2D eigenvalue weighted by molar-refractivity contribution is 6.74. The molecule has 96 valence electrons. The van der Waals surface area contributed by atoms with Crippen molar-refractivity contribution in [2.75, 3.05) is 0 Å². The number of carbonyl (C=O) groups is 1. The van der Waals surface area contributed by atoms with Crippen molar-refractivity contribution in [3.8, 4) is 0 Å². The monoisotopic (exact) mass is 264 g/mol. The topological polar surface area (TPSA) is 26.3 Å². The van der Waals surface area contributed by atoms with Crippen molar-refractivity contribution in [1.29, 1.82) is 0 Å². The van der Waals surface area contributed by atoms with E-state index in [2.05, 4.69) is 40.8 Å². The van der Waals surface area contributed by atoms with Gasteiger partial charge in [0.2, 0.25) is 5.24 Å². The van der Waals surface area contributed by atoms with Gasteiger partial charge >= 0.3 is 0 Å². The molecule has 0 bridgehead atoms. The molecule has 16 heavy (non-hydrogen) atoms. The Labute approximate surface area is 106 Å². The molecule has 0 heterocycles. The summed E-state index contributed by atoms with van der Waals surface area (Å²) in [6.07, 6.45) is 2.26. The quantitative estimate of drug-likeness (QED) is 0.527. The molecule has 0 spiro atoms. The number of hydrogen-bond acceptors (Lipinski definition) is 2. The van der Waals surface area contributed by atoms with Crippen molar-refractivity contribution in [2.45, 2.75) is 71.2 Å². The average Bonchev–Trinajstić information content (AvgIpc) is 1.99. The molecular formula is C12H25ClO2Si. The van der Waals surface area contributed by atoms with Crippen LogP contribution in [0.1, 0.15) is 47.0 Å². The van der Waals surface area contributed by atoms with Crippen LogP contribution in [-0.2, 0) is 9.22 Å². The molecule has 0 rings (SSSR count). The van der Waals surface area contributed by atoms with Crippen LogP contribution in [0.5, 0.6) is 0 Å². The summed E-state index contributed by atoms with van der Waals surface area (Å²) in [7, 11) is -1.78. The second kappa shape index (κ2) is 6.17. The van der Waals surface area contributed by atoms with Crippen LogP contribution in [0.4, 0.5) is 0 Å². The molecule has 0 aromatic heterocycles. The molecule has 0 aromatic rings.